The van der Waals surface area contributed by atoms with Crippen LogP contribution in [0, 0.1) is 6.92 Å². The molecule has 0 fully saturated rings. The average molecular weight is 227 g/mol. The van der Waals surface area contributed by atoms with Crippen LogP contribution in [-0.2, 0) is 4.74 Å². The summed E-state index contributed by atoms with van der Waals surface area (Å²) in [6, 6.07) is 0.424. The summed E-state index contributed by atoms with van der Waals surface area (Å²) >= 11 is 1.74. The highest BCUT2D eigenvalue weighted by molar-refractivity contribution is 7.08. The van der Waals surface area contributed by atoms with Crippen molar-refractivity contribution in [2.75, 3.05) is 12.4 Å². The van der Waals surface area contributed by atoms with Crippen molar-refractivity contribution < 1.29 is 4.74 Å². The zero-order chi connectivity index (χ0) is 11.5. The van der Waals surface area contributed by atoms with Gasteiger partial charge in [0.25, 0.3) is 0 Å². The fourth-order valence-corrected chi connectivity index (χ4v) is 2.43. The van der Waals surface area contributed by atoms with Gasteiger partial charge in [0.15, 0.2) is 0 Å². The molecule has 1 unspecified atom stereocenters. The van der Waals surface area contributed by atoms with E-state index in [0.29, 0.717) is 6.04 Å². The van der Waals surface area contributed by atoms with Crippen molar-refractivity contribution in [1.29, 1.82) is 0 Å². The molecular formula is C12H21NOS. The molecule has 1 rings (SSSR count). The first-order chi connectivity index (χ1) is 6.94. The van der Waals surface area contributed by atoms with Crippen LogP contribution >= 0.6 is 11.3 Å². The van der Waals surface area contributed by atoms with Crippen LogP contribution in [0.4, 0.5) is 5.69 Å². The first-order valence-electron chi connectivity index (χ1n) is 5.29. The molecule has 0 amide bonds. The zero-order valence-electron chi connectivity index (χ0n) is 10.3. The Morgan fingerprint density at radius 2 is 2.13 bits per heavy atom. The fraction of sp³-hybridized carbons (Fsp3) is 0.667. The van der Waals surface area contributed by atoms with Gasteiger partial charge in [-0.05, 0) is 45.1 Å². The Bertz CT molecular complexity index is 306. The smallest absolute Gasteiger partial charge is 0.0642 e. The number of ether oxygens (including phenoxy) is 1. The SMILES string of the molecule is COC(C)(C)CC(C)Nc1cscc1C. The molecule has 1 heterocycles. The minimum Gasteiger partial charge on any atom is -0.382 e. The van der Waals surface area contributed by atoms with Gasteiger partial charge in [0.2, 0.25) is 0 Å². The van der Waals surface area contributed by atoms with Crippen molar-refractivity contribution in [3.8, 4) is 0 Å². The molecule has 1 aromatic heterocycles. The van der Waals surface area contributed by atoms with Crippen molar-refractivity contribution in [1.82, 2.24) is 0 Å². The molecule has 0 spiro atoms. The molecule has 0 aliphatic carbocycles. The van der Waals surface area contributed by atoms with E-state index in [4.69, 9.17) is 4.74 Å². The van der Waals surface area contributed by atoms with E-state index < -0.39 is 0 Å². The normalized spacial score (nSPS) is 13.9. The molecule has 2 nitrogen and oxygen atoms in total. The standard InChI is InChI=1S/C12H21NOS/c1-9-7-15-8-11(9)13-10(2)6-12(3,4)14-5/h7-8,10,13H,6H2,1-5H3. The van der Waals surface area contributed by atoms with Crippen LogP contribution in [-0.4, -0.2) is 18.8 Å². The highest BCUT2D eigenvalue weighted by atomic mass is 32.1. The summed E-state index contributed by atoms with van der Waals surface area (Å²) in [6.45, 7) is 8.56. The van der Waals surface area contributed by atoms with Gasteiger partial charge < -0.3 is 10.1 Å². The van der Waals surface area contributed by atoms with Crippen LogP contribution in [0.5, 0.6) is 0 Å². The lowest BCUT2D eigenvalue weighted by Crippen LogP contribution is -2.31. The molecule has 0 radical (unpaired) electrons. The van der Waals surface area contributed by atoms with Gasteiger partial charge in [-0.15, -0.1) is 11.3 Å². The van der Waals surface area contributed by atoms with Crippen molar-refractivity contribution in [2.45, 2.75) is 45.8 Å². The van der Waals surface area contributed by atoms with E-state index in [0.717, 1.165) is 6.42 Å². The maximum Gasteiger partial charge on any atom is 0.0642 e. The van der Waals surface area contributed by atoms with Gasteiger partial charge in [0.1, 0.15) is 0 Å². The minimum absolute atomic E-state index is 0.0592. The van der Waals surface area contributed by atoms with Crippen molar-refractivity contribution in [2.24, 2.45) is 0 Å². The van der Waals surface area contributed by atoms with Crippen LogP contribution in [0.25, 0.3) is 0 Å². The summed E-state index contributed by atoms with van der Waals surface area (Å²) < 4.78 is 5.42. The number of hydrogen-bond acceptors (Lipinski definition) is 3. The van der Waals surface area contributed by atoms with Gasteiger partial charge >= 0.3 is 0 Å². The Morgan fingerprint density at radius 1 is 1.47 bits per heavy atom. The zero-order valence-corrected chi connectivity index (χ0v) is 11.1. The molecule has 0 aliphatic heterocycles. The maximum atomic E-state index is 5.42. The quantitative estimate of drug-likeness (QED) is 0.828. The topological polar surface area (TPSA) is 21.3 Å². The Hall–Kier alpha value is -0.540. The third kappa shape index (κ3) is 3.84. The number of anilines is 1. The molecule has 15 heavy (non-hydrogen) atoms. The summed E-state index contributed by atoms with van der Waals surface area (Å²) in [5.74, 6) is 0. The predicted molar refractivity (Wildman–Crippen MR) is 67.8 cm³/mol. The van der Waals surface area contributed by atoms with Gasteiger partial charge in [-0.3, -0.25) is 0 Å². The Kier molecular flexibility index (Phi) is 4.17. The monoisotopic (exact) mass is 227 g/mol. The van der Waals surface area contributed by atoms with Crippen LogP contribution in [0.3, 0.4) is 0 Å². The molecule has 1 aromatic rings. The van der Waals surface area contributed by atoms with Crippen molar-refractivity contribution >= 4 is 17.0 Å². The average Bonchev–Trinajstić information content (AvgIpc) is 2.51. The number of aryl methyl sites for hydroxylation is 1. The van der Waals surface area contributed by atoms with E-state index in [2.05, 4.69) is 43.8 Å². The van der Waals surface area contributed by atoms with Crippen molar-refractivity contribution in [3.63, 3.8) is 0 Å². The molecular weight excluding hydrogens is 206 g/mol. The molecule has 3 heteroatoms. The molecule has 0 saturated heterocycles. The van der Waals surface area contributed by atoms with Crippen LogP contribution in [0.2, 0.25) is 0 Å². The Balaban J connectivity index is 2.50. The molecule has 0 saturated carbocycles. The van der Waals surface area contributed by atoms with Crippen molar-refractivity contribution in [3.05, 3.63) is 16.3 Å². The number of nitrogens with one attached hydrogen (secondary N) is 1. The number of methoxy groups -OCH3 is 1. The van der Waals surface area contributed by atoms with Crippen LogP contribution < -0.4 is 5.32 Å². The lowest BCUT2D eigenvalue weighted by Gasteiger charge is -2.27. The largest absolute Gasteiger partial charge is 0.382 e. The number of hydrogen-bond donors (Lipinski definition) is 1. The van der Waals surface area contributed by atoms with E-state index in [1.165, 1.54) is 11.3 Å². The van der Waals surface area contributed by atoms with Gasteiger partial charge in [0.05, 0.1) is 5.60 Å². The van der Waals surface area contributed by atoms with E-state index >= 15 is 0 Å². The summed E-state index contributed by atoms with van der Waals surface area (Å²) in [4.78, 5) is 0. The van der Waals surface area contributed by atoms with Gasteiger partial charge in [-0.2, -0.15) is 0 Å². The molecule has 86 valence electrons. The summed E-state index contributed by atoms with van der Waals surface area (Å²) in [7, 11) is 1.77. The third-order valence-electron chi connectivity index (χ3n) is 2.61. The van der Waals surface area contributed by atoms with Crippen LogP contribution in [0.1, 0.15) is 32.8 Å². The highest BCUT2D eigenvalue weighted by Gasteiger charge is 2.20. The van der Waals surface area contributed by atoms with E-state index in [1.807, 2.05) is 0 Å². The van der Waals surface area contributed by atoms with E-state index in [-0.39, 0.29) is 5.60 Å². The summed E-state index contributed by atoms with van der Waals surface area (Å²) in [5, 5.41) is 7.83. The summed E-state index contributed by atoms with van der Waals surface area (Å²) in [5.41, 5.74) is 2.51. The number of thiophene rings is 1. The fourth-order valence-electron chi connectivity index (χ4n) is 1.65. The lowest BCUT2D eigenvalue weighted by atomic mass is 10.00. The van der Waals surface area contributed by atoms with Crippen LogP contribution in [0.15, 0.2) is 10.8 Å². The maximum absolute atomic E-state index is 5.42. The molecule has 0 aliphatic rings. The first-order valence-corrected chi connectivity index (χ1v) is 6.23. The predicted octanol–water partition coefficient (Wildman–Crippen LogP) is 3.67. The second-order valence-electron chi connectivity index (χ2n) is 4.68. The Morgan fingerprint density at radius 3 is 2.60 bits per heavy atom. The lowest BCUT2D eigenvalue weighted by molar-refractivity contribution is 0.0128. The molecule has 1 N–H and O–H groups in total. The second kappa shape index (κ2) is 4.99. The second-order valence-corrected chi connectivity index (χ2v) is 5.43. The third-order valence-corrected chi connectivity index (χ3v) is 3.47. The Labute approximate surface area is 96.7 Å². The number of rotatable bonds is 5. The molecule has 0 bridgehead atoms. The van der Waals surface area contributed by atoms with Gasteiger partial charge in [-0.25, -0.2) is 0 Å². The molecule has 1 atom stereocenters. The molecule has 0 aromatic carbocycles. The van der Waals surface area contributed by atoms with E-state index in [1.54, 1.807) is 18.4 Å². The van der Waals surface area contributed by atoms with E-state index in [9.17, 15) is 0 Å². The minimum atomic E-state index is -0.0592. The summed E-state index contributed by atoms with van der Waals surface area (Å²) in [6.07, 6.45) is 0.999. The first kappa shape index (κ1) is 12.5. The van der Waals surface area contributed by atoms with Gasteiger partial charge in [-0.1, -0.05) is 0 Å². The highest BCUT2D eigenvalue weighted by Crippen LogP contribution is 2.23. The van der Waals surface area contributed by atoms with Gasteiger partial charge in [0, 0.05) is 24.2 Å².